The van der Waals surface area contributed by atoms with Gasteiger partial charge in [-0.05, 0) is 25.0 Å². The zero-order valence-corrected chi connectivity index (χ0v) is 10.4. The lowest BCUT2D eigenvalue weighted by atomic mass is 9.89. The van der Waals surface area contributed by atoms with E-state index in [-0.39, 0.29) is 5.41 Å². The van der Waals surface area contributed by atoms with E-state index < -0.39 is 0 Å². The maximum Gasteiger partial charge on any atom is 0.0219 e. The first-order valence-electron chi connectivity index (χ1n) is 6.01. The van der Waals surface area contributed by atoms with Crippen molar-refractivity contribution in [1.29, 1.82) is 0 Å². The van der Waals surface area contributed by atoms with Crippen LogP contribution in [-0.2, 0) is 0 Å². The van der Waals surface area contributed by atoms with Crippen molar-refractivity contribution in [1.82, 2.24) is 0 Å². The van der Waals surface area contributed by atoms with Crippen LogP contribution in [0.25, 0.3) is 5.57 Å². The zero-order chi connectivity index (χ0) is 12.1. The van der Waals surface area contributed by atoms with Crippen LogP contribution in [0.15, 0.2) is 72.9 Å². The van der Waals surface area contributed by atoms with Gasteiger partial charge >= 0.3 is 0 Å². The summed E-state index contributed by atoms with van der Waals surface area (Å²) in [6.45, 7) is 4.27. The molecule has 0 saturated carbocycles. The Morgan fingerprint density at radius 1 is 1.06 bits per heavy atom. The second-order valence-electron chi connectivity index (χ2n) is 4.55. The molecule has 0 spiro atoms. The molecule has 0 saturated heterocycles. The number of rotatable bonds is 2. The van der Waals surface area contributed by atoms with Gasteiger partial charge in [0.15, 0.2) is 0 Å². The molecule has 2 rings (SSSR count). The van der Waals surface area contributed by atoms with Gasteiger partial charge in [0.05, 0.1) is 0 Å². The predicted octanol–water partition coefficient (Wildman–Crippen LogP) is 4.78. The Hall–Kier alpha value is -1.82. The molecule has 0 nitrogen and oxygen atoms in total. The van der Waals surface area contributed by atoms with Crippen molar-refractivity contribution < 1.29 is 0 Å². The van der Waals surface area contributed by atoms with Gasteiger partial charge in [-0.3, -0.25) is 0 Å². The van der Waals surface area contributed by atoms with Crippen molar-refractivity contribution in [2.24, 2.45) is 5.41 Å². The van der Waals surface area contributed by atoms with E-state index in [1.54, 1.807) is 0 Å². The highest BCUT2D eigenvalue weighted by molar-refractivity contribution is 5.76. The van der Waals surface area contributed by atoms with Crippen LogP contribution in [0.2, 0.25) is 0 Å². The normalized spacial score (nSPS) is 23.8. The molecule has 1 unspecified atom stereocenters. The second kappa shape index (κ2) is 5.01. The van der Waals surface area contributed by atoms with Crippen LogP contribution in [0, 0.1) is 5.41 Å². The standard InChI is InChI=1S/C17H18/c1-3-12-17(2)13-7-10-16(11-14-17)15-8-5-4-6-9-15/h3-14H,1-2H3/b12-3+. The smallest absolute Gasteiger partial charge is 0.0219 e. The maximum absolute atomic E-state index is 2.25. The van der Waals surface area contributed by atoms with Gasteiger partial charge < -0.3 is 0 Å². The summed E-state index contributed by atoms with van der Waals surface area (Å²) in [5.74, 6) is 0. The van der Waals surface area contributed by atoms with Gasteiger partial charge in [-0.15, -0.1) is 0 Å². The molecular weight excluding hydrogens is 204 g/mol. The van der Waals surface area contributed by atoms with Crippen LogP contribution in [-0.4, -0.2) is 0 Å². The minimum absolute atomic E-state index is 0.0295. The number of benzene rings is 1. The first-order valence-corrected chi connectivity index (χ1v) is 6.01. The third-order valence-electron chi connectivity index (χ3n) is 2.99. The molecule has 1 aliphatic carbocycles. The fourth-order valence-corrected chi connectivity index (χ4v) is 2.03. The third-order valence-corrected chi connectivity index (χ3v) is 2.99. The topological polar surface area (TPSA) is 0 Å². The van der Waals surface area contributed by atoms with E-state index >= 15 is 0 Å². The fourth-order valence-electron chi connectivity index (χ4n) is 2.03. The van der Waals surface area contributed by atoms with E-state index in [1.165, 1.54) is 11.1 Å². The summed E-state index contributed by atoms with van der Waals surface area (Å²) < 4.78 is 0. The molecule has 1 aromatic rings. The Kier molecular flexibility index (Phi) is 3.43. The van der Waals surface area contributed by atoms with Crippen LogP contribution >= 0.6 is 0 Å². The third kappa shape index (κ3) is 2.85. The predicted molar refractivity (Wildman–Crippen MR) is 75.6 cm³/mol. The largest absolute Gasteiger partial charge is 0.0905 e. The summed E-state index contributed by atoms with van der Waals surface area (Å²) >= 11 is 0. The highest BCUT2D eigenvalue weighted by Gasteiger charge is 2.13. The van der Waals surface area contributed by atoms with E-state index in [1.807, 2.05) is 6.07 Å². The minimum Gasteiger partial charge on any atom is -0.0905 e. The minimum atomic E-state index is 0.0295. The monoisotopic (exact) mass is 222 g/mol. The van der Waals surface area contributed by atoms with E-state index in [2.05, 4.69) is 80.6 Å². The molecule has 0 radical (unpaired) electrons. The van der Waals surface area contributed by atoms with Crippen LogP contribution < -0.4 is 0 Å². The van der Waals surface area contributed by atoms with Gasteiger partial charge in [0.1, 0.15) is 0 Å². The Balaban J connectivity index is 2.31. The second-order valence-corrected chi connectivity index (χ2v) is 4.55. The molecule has 0 aromatic heterocycles. The highest BCUT2D eigenvalue weighted by atomic mass is 14.2. The molecule has 1 atom stereocenters. The molecule has 17 heavy (non-hydrogen) atoms. The van der Waals surface area contributed by atoms with E-state index in [4.69, 9.17) is 0 Å². The summed E-state index contributed by atoms with van der Waals surface area (Å²) in [5, 5.41) is 0. The quantitative estimate of drug-likeness (QED) is 0.632. The summed E-state index contributed by atoms with van der Waals surface area (Å²) in [5.41, 5.74) is 2.55. The van der Waals surface area contributed by atoms with Gasteiger partial charge in [0, 0.05) is 5.41 Å². The number of allylic oxidation sites excluding steroid dienone is 8. The number of hydrogen-bond donors (Lipinski definition) is 0. The maximum atomic E-state index is 2.25. The van der Waals surface area contributed by atoms with Gasteiger partial charge in [-0.1, -0.05) is 72.9 Å². The molecule has 0 bridgehead atoms. The molecular formula is C17H18. The Morgan fingerprint density at radius 3 is 2.53 bits per heavy atom. The molecule has 1 aromatic carbocycles. The summed E-state index contributed by atoms with van der Waals surface area (Å²) in [6, 6.07) is 10.5. The molecule has 0 N–H and O–H groups in total. The summed E-state index contributed by atoms with van der Waals surface area (Å²) in [6.07, 6.45) is 15.3. The van der Waals surface area contributed by atoms with Crippen molar-refractivity contribution in [3.05, 3.63) is 78.4 Å². The Morgan fingerprint density at radius 2 is 1.82 bits per heavy atom. The summed E-state index contributed by atoms with van der Waals surface area (Å²) in [7, 11) is 0. The first kappa shape index (κ1) is 11.7. The zero-order valence-electron chi connectivity index (χ0n) is 10.4. The van der Waals surface area contributed by atoms with Crippen molar-refractivity contribution >= 4 is 5.57 Å². The summed E-state index contributed by atoms with van der Waals surface area (Å²) in [4.78, 5) is 0. The van der Waals surface area contributed by atoms with Crippen molar-refractivity contribution in [3.8, 4) is 0 Å². The van der Waals surface area contributed by atoms with Crippen LogP contribution in [0.5, 0.6) is 0 Å². The molecule has 0 fully saturated rings. The molecule has 0 amide bonds. The average molecular weight is 222 g/mol. The van der Waals surface area contributed by atoms with E-state index in [9.17, 15) is 0 Å². The molecule has 86 valence electrons. The van der Waals surface area contributed by atoms with E-state index in [0.717, 1.165) is 0 Å². The molecule has 1 aliphatic rings. The van der Waals surface area contributed by atoms with Gasteiger partial charge in [-0.2, -0.15) is 0 Å². The fraction of sp³-hybridized carbons (Fsp3) is 0.176. The van der Waals surface area contributed by atoms with Gasteiger partial charge in [0.25, 0.3) is 0 Å². The van der Waals surface area contributed by atoms with Gasteiger partial charge in [0.2, 0.25) is 0 Å². The lowest BCUT2D eigenvalue weighted by Crippen LogP contribution is -2.03. The highest BCUT2D eigenvalue weighted by Crippen LogP contribution is 2.28. The SMILES string of the molecule is C/C=C/C1(C)C=CC=C(c2ccccc2)C=C1. The first-order chi connectivity index (χ1) is 8.23. The van der Waals surface area contributed by atoms with Gasteiger partial charge in [-0.25, -0.2) is 0 Å². The lowest BCUT2D eigenvalue weighted by Gasteiger charge is -2.15. The Labute approximate surface area is 104 Å². The van der Waals surface area contributed by atoms with Crippen molar-refractivity contribution in [2.45, 2.75) is 13.8 Å². The van der Waals surface area contributed by atoms with Crippen molar-refractivity contribution in [2.75, 3.05) is 0 Å². The number of hydrogen-bond acceptors (Lipinski definition) is 0. The molecule has 0 heterocycles. The Bertz CT molecular complexity index is 486. The van der Waals surface area contributed by atoms with Crippen LogP contribution in [0.1, 0.15) is 19.4 Å². The van der Waals surface area contributed by atoms with E-state index in [0.29, 0.717) is 0 Å². The van der Waals surface area contributed by atoms with Crippen molar-refractivity contribution in [3.63, 3.8) is 0 Å². The molecule has 0 aliphatic heterocycles. The average Bonchev–Trinajstić information content (AvgIpc) is 2.53. The lowest BCUT2D eigenvalue weighted by molar-refractivity contribution is 0.717. The van der Waals surface area contributed by atoms with Crippen LogP contribution in [0.4, 0.5) is 0 Å². The molecule has 0 heteroatoms. The van der Waals surface area contributed by atoms with Crippen LogP contribution in [0.3, 0.4) is 0 Å².